The van der Waals surface area contributed by atoms with Crippen LogP contribution >= 0.6 is 11.3 Å². The van der Waals surface area contributed by atoms with Crippen LogP contribution in [0.1, 0.15) is 36.1 Å². The molecule has 0 spiro atoms. The number of nitrogens with zero attached hydrogens (tertiary/aromatic N) is 2. The van der Waals surface area contributed by atoms with Crippen LogP contribution in [0.15, 0.2) is 6.20 Å². The van der Waals surface area contributed by atoms with Crippen molar-refractivity contribution in [1.82, 2.24) is 15.2 Å². The van der Waals surface area contributed by atoms with Gasteiger partial charge in [-0.1, -0.05) is 6.92 Å². The summed E-state index contributed by atoms with van der Waals surface area (Å²) in [6.45, 7) is 6.98. The summed E-state index contributed by atoms with van der Waals surface area (Å²) >= 11 is 1.88. The van der Waals surface area contributed by atoms with Crippen LogP contribution < -0.4 is 5.32 Å². The first-order valence-corrected chi connectivity index (χ1v) is 8.04. The van der Waals surface area contributed by atoms with Crippen LogP contribution in [0.3, 0.4) is 0 Å². The van der Waals surface area contributed by atoms with Crippen LogP contribution in [0.4, 0.5) is 0 Å². The molecule has 1 aromatic rings. The van der Waals surface area contributed by atoms with E-state index in [0.717, 1.165) is 24.9 Å². The highest BCUT2D eigenvalue weighted by Gasteiger charge is 2.26. The fraction of sp³-hybridized carbons (Fsp3) is 0.786. The molecule has 0 aromatic carbocycles. The van der Waals surface area contributed by atoms with Crippen molar-refractivity contribution in [2.45, 2.75) is 45.2 Å². The van der Waals surface area contributed by atoms with E-state index in [1.807, 2.05) is 17.5 Å². The van der Waals surface area contributed by atoms with E-state index in [2.05, 4.69) is 22.1 Å². The molecule has 4 heteroatoms. The van der Waals surface area contributed by atoms with Gasteiger partial charge in [-0.3, -0.25) is 4.90 Å². The molecule has 3 rings (SSSR count). The summed E-state index contributed by atoms with van der Waals surface area (Å²) in [6.07, 6.45) is 7.31. The van der Waals surface area contributed by atoms with E-state index in [4.69, 9.17) is 0 Å². The van der Waals surface area contributed by atoms with Gasteiger partial charge in [0.25, 0.3) is 0 Å². The minimum absolute atomic E-state index is 0.852. The zero-order valence-corrected chi connectivity index (χ0v) is 12.0. The van der Waals surface area contributed by atoms with Gasteiger partial charge in [0, 0.05) is 23.7 Å². The Morgan fingerprint density at radius 3 is 3.06 bits per heavy atom. The van der Waals surface area contributed by atoms with Crippen LogP contribution in [0.25, 0.3) is 0 Å². The first-order valence-electron chi connectivity index (χ1n) is 7.23. The molecule has 0 radical (unpaired) electrons. The number of hydrogen-bond acceptors (Lipinski definition) is 4. The second-order valence-corrected chi connectivity index (χ2v) is 6.85. The van der Waals surface area contributed by atoms with E-state index < -0.39 is 0 Å². The van der Waals surface area contributed by atoms with Crippen molar-refractivity contribution < 1.29 is 0 Å². The molecule has 1 saturated heterocycles. The average Bonchev–Trinajstić information content (AvgIpc) is 2.93. The van der Waals surface area contributed by atoms with Gasteiger partial charge in [0.2, 0.25) is 0 Å². The topological polar surface area (TPSA) is 28.2 Å². The quantitative estimate of drug-likeness (QED) is 0.855. The van der Waals surface area contributed by atoms with Crippen molar-refractivity contribution in [3.63, 3.8) is 0 Å². The molecule has 1 aromatic heterocycles. The van der Waals surface area contributed by atoms with Crippen molar-refractivity contribution in [1.29, 1.82) is 0 Å². The first-order chi connectivity index (χ1) is 8.83. The van der Waals surface area contributed by atoms with Gasteiger partial charge in [0.1, 0.15) is 5.01 Å². The van der Waals surface area contributed by atoms with Gasteiger partial charge in [0.15, 0.2) is 0 Å². The molecule has 3 nitrogen and oxygen atoms in total. The molecular formula is C14H23N3S. The lowest BCUT2D eigenvalue weighted by atomic mass is 10.1. The second kappa shape index (κ2) is 5.68. The third-order valence-electron chi connectivity index (χ3n) is 3.95. The molecule has 18 heavy (non-hydrogen) atoms. The maximum absolute atomic E-state index is 4.52. The van der Waals surface area contributed by atoms with Gasteiger partial charge in [-0.15, -0.1) is 11.3 Å². The highest BCUT2D eigenvalue weighted by Crippen LogP contribution is 2.23. The lowest BCUT2D eigenvalue weighted by Crippen LogP contribution is -2.27. The fourth-order valence-corrected chi connectivity index (χ4v) is 3.52. The highest BCUT2D eigenvalue weighted by molar-refractivity contribution is 7.11. The molecule has 2 aliphatic rings. The number of likely N-dealkylation sites (tertiary alicyclic amines) is 1. The summed E-state index contributed by atoms with van der Waals surface area (Å²) in [7, 11) is 0. The third-order valence-corrected chi connectivity index (χ3v) is 5.08. The molecule has 1 atom stereocenters. The van der Waals surface area contributed by atoms with E-state index in [1.165, 1.54) is 48.8 Å². The van der Waals surface area contributed by atoms with Gasteiger partial charge in [0.05, 0.1) is 6.54 Å². The molecule has 100 valence electrons. The Kier molecular flexibility index (Phi) is 3.97. The predicted molar refractivity (Wildman–Crippen MR) is 75.9 cm³/mol. The lowest BCUT2D eigenvalue weighted by molar-refractivity contribution is 0.313. The Balaban J connectivity index is 1.43. The minimum atomic E-state index is 0.852. The van der Waals surface area contributed by atoms with Crippen LogP contribution in [-0.2, 0) is 13.0 Å². The summed E-state index contributed by atoms with van der Waals surface area (Å²) < 4.78 is 0. The van der Waals surface area contributed by atoms with E-state index in [0.29, 0.717) is 0 Å². The minimum Gasteiger partial charge on any atom is -0.314 e. The Bertz CT molecular complexity index is 386. The molecule has 2 heterocycles. The average molecular weight is 265 g/mol. The second-order valence-electron chi connectivity index (χ2n) is 5.65. The first kappa shape index (κ1) is 12.6. The van der Waals surface area contributed by atoms with E-state index in [1.54, 1.807) is 0 Å². The Labute approximate surface area is 114 Å². The molecule has 1 unspecified atom stereocenters. The van der Waals surface area contributed by atoms with Gasteiger partial charge in [-0.2, -0.15) is 0 Å². The largest absolute Gasteiger partial charge is 0.314 e. The van der Waals surface area contributed by atoms with Crippen molar-refractivity contribution in [2.75, 3.05) is 19.6 Å². The SMILES string of the molecule is CCc1cnc(CN2CCC(CNC3CC3)C2)s1. The maximum Gasteiger partial charge on any atom is 0.107 e. The molecule has 1 saturated carbocycles. The molecule has 2 fully saturated rings. The Morgan fingerprint density at radius 1 is 1.44 bits per heavy atom. The number of thiazole rings is 1. The zero-order valence-electron chi connectivity index (χ0n) is 11.2. The van der Waals surface area contributed by atoms with Gasteiger partial charge >= 0.3 is 0 Å². The third kappa shape index (κ3) is 3.31. The van der Waals surface area contributed by atoms with E-state index >= 15 is 0 Å². The number of hydrogen-bond donors (Lipinski definition) is 1. The van der Waals surface area contributed by atoms with Crippen LogP contribution in [0.2, 0.25) is 0 Å². The fourth-order valence-electron chi connectivity index (χ4n) is 2.62. The maximum atomic E-state index is 4.52. The standard InChI is InChI=1S/C14H23N3S/c1-2-13-8-16-14(18-13)10-17-6-5-11(9-17)7-15-12-3-4-12/h8,11-12,15H,2-7,9-10H2,1H3. The molecular weight excluding hydrogens is 242 g/mol. The normalized spacial score (nSPS) is 24.8. The van der Waals surface area contributed by atoms with E-state index in [-0.39, 0.29) is 0 Å². The van der Waals surface area contributed by atoms with Crippen LogP contribution in [-0.4, -0.2) is 35.6 Å². The molecule has 1 aliphatic carbocycles. The summed E-state index contributed by atoms with van der Waals surface area (Å²) in [6, 6.07) is 0.852. The van der Waals surface area contributed by atoms with Gasteiger partial charge < -0.3 is 5.32 Å². The number of nitrogens with one attached hydrogen (secondary N) is 1. The highest BCUT2D eigenvalue weighted by atomic mass is 32.1. The summed E-state index contributed by atoms with van der Waals surface area (Å²) in [5.41, 5.74) is 0. The molecule has 1 N–H and O–H groups in total. The van der Waals surface area contributed by atoms with Crippen molar-refractivity contribution in [3.05, 3.63) is 16.1 Å². The predicted octanol–water partition coefficient (Wildman–Crippen LogP) is 2.28. The number of aryl methyl sites for hydroxylation is 1. The monoisotopic (exact) mass is 265 g/mol. The van der Waals surface area contributed by atoms with Gasteiger partial charge in [-0.25, -0.2) is 4.98 Å². The zero-order chi connectivity index (χ0) is 12.4. The molecule has 0 amide bonds. The van der Waals surface area contributed by atoms with E-state index in [9.17, 15) is 0 Å². The number of aromatic nitrogens is 1. The summed E-state index contributed by atoms with van der Waals surface area (Å²) in [4.78, 5) is 8.50. The van der Waals surface area contributed by atoms with Crippen molar-refractivity contribution in [3.8, 4) is 0 Å². The Hall–Kier alpha value is -0.450. The Morgan fingerprint density at radius 2 is 2.33 bits per heavy atom. The van der Waals surface area contributed by atoms with Gasteiger partial charge in [-0.05, 0) is 44.7 Å². The molecule has 1 aliphatic heterocycles. The molecule has 0 bridgehead atoms. The lowest BCUT2D eigenvalue weighted by Gasteiger charge is -2.14. The van der Waals surface area contributed by atoms with Crippen LogP contribution in [0, 0.1) is 5.92 Å². The van der Waals surface area contributed by atoms with Crippen molar-refractivity contribution in [2.24, 2.45) is 5.92 Å². The number of rotatable bonds is 6. The van der Waals surface area contributed by atoms with Crippen molar-refractivity contribution >= 4 is 11.3 Å². The summed E-state index contributed by atoms with van der Waals surface area (Å²) in [5.74, 6) is 0.858. The van der Waals surface area contributed by atoms with Crippen LogP contribution in [0.5, 0.6) is 0 Å². The smallest absolute Gasteiger partial charge is 0.107 e. The summed E-state index contributed by atoms with van der Waals surface area (Å²) in [5, 5.41) is 4.95.